The second-order valence-electron chi connectivity index (χ2n) is 11.5. The number of fused-ring (bicyclic) bond motifs is 8. The molecule has 2 atom stereocenters. The van der Waals surface area contributed by atoms with Gasteiger partial charge in [0.25, 0.3) is 0 Å². The molecule has 0 unspecified atom stereocenters. The lowest BCUT2D eigenvalue weighted by atomic mass is 9.95. The SMILES string of the molecule is C=CC(=O)N1C[C@@H]2COCCOc3cc(F)ccc3-c3c(nc(-c4ccc5c(cnn5C)c4)c4scc(F)c34)-c3cc(n2n3)[C@H]1C. The van der Waals surface area contributed by atoms with E-state index in [2.05, 4.69) is 11.7 Å². The molecule has 1 amide bonds. The van der Waals surface area contributed by atoms with Gasteiger partial charge in [0.15, 0.2) is 0 Å². The van der Waals surface area contributed by atoms with Gasteiger partial charge in [0.2, 0.25) is 5.91 Å². The van der Waals surface area contributed by atoms with Crippen molar-refractivity contribution in [2.24, 2.45) is 7.05 Å². The average molecular weight is 639 g/mol. The van der Waals surface area contributed by atoms with Crippen molar-refractivity contribution in [1.29, 1.82) is 0 Å². The molecule has 2 aromatic carbocycles. The fourth-order valence-electron chi connectivity index (χ4n) is 6.56. The van der Waals surface area contributed by atoms with Crippen LogP contribution in [0.1, 0.15) is 24.7 Å². The number of thiophene rings is 1. The number of rotatable bonds is 2. The zero-order valence-corrected chi connectivity index (χ0v) is 25.9. The number of aromatic nitrogens is 5. The van der Waals surface area contributed by atoms with Crippen LogP contribution >= 0.6 is 11.3 Å². The first-order chi connectivity index (χ1) is 22.3. The fraction of sp³-hybridized carbons (Fsp3) is 0.235. The largest absolute Gasteiger partial charge is 0.490 e. The van der Waals surface area contributed by atoms with Gasteiger partial charge in [-0.1, -0.05) is 12.6 Å². The zero-order valence-electron chi connectivity index (χ0n) is 25.0. The number of hydrogen-bond acceptors (Lipinski definition) is 7. The number of amides is 1. The van der Waals surface area contributed by atoms with Crippen LogP contribution in [-0.2, 0) is 16.6 Å². The number of halogens is 2. The molecule has 2 aliphatic heterocycles. The van der Waals surface area contributed by atoms with Gasteiger partial charge in [0.05, 0.1) is 53.1 Å². The van der Waals surface area contributed by atoms with Crippen molar-refractivity contribution in [3.05, 3.63) is 84.0 Å². The molecule has 2 aliphatic rings. The Morgan fingerprint density at radius 1 is 1.13 bits per heavy atom. The lowest BCUT2D eigenvalue weighted by Gasteiger charge is -2.38. The molecule has 0 aliphatic carbocycles. The van der Waals surface area contributed by atoms with Gasteiger partial charge in [0, 0.05) is 52.5 Å². The molecule has 0 fully saturated rings. The molecule has 0 N–H and O–H groups in total. The van der Waals surface area contributed by atoms with Gasteiger partial charge >= 0.3 is 0 Å². The molecule has 12 heteroatoms. The average Bonchev–Trinajstić information content (AvgIpc) is 3.78. The number of benzene rings is 2. The summed E-state index contributed by atoms with van der Waals surface area (Å²) in [4.78, 5) is 19.9. The van der Waals surface area contributed by atoms with Crippen molar-refractivity contribution >= 4 is 38.2 Å². The third-order valence-corrected chi connectivity index (χ3v) is 9.77. The molecule has 0 saturated carbocycles. The molecule has 4 aromatic heterocycles. The van der Waals surface area contributed by atoms with Crippen LogP contribution in [0.5, 0.6) is 5.75 Å². The Balaban J connectivity index is 1.45. The number of pyridine rings is 1. The standard InChI is InChI=1S/C34H28F2N6O3S/c1-4-29(43)41-15-22-16-44-9-10-45-28-12-21(35)6-7-23(28)30-31-24(36)17-46-34(31)32(19-5-8-26-20(11-19)14-37-40(26)3)38-33(30)25-13-27(18(41)2)42(22)39-25/h4-8,11-14,17-18,22H,1,9-10,15-16H2,2-3H3/t18-,22-/m1/s1. The van der Waals surface area contributed by atoms with E-state index in [1.807, 2.05) is 42.9 Å². The Hall–Kier alpha value is -4.94. The van der Waals surface area contributed by atoms with Gasteiger partial charge in [-0.05, 0) is 43.3 Å². The minimum absolute atomic E-state index is 0.131. The molecule has 9 nitrogen and oxygen atoms in total. The van der Waals surface area contributed by atoms with Gasteiger partial charge in [-0.25, -0.2) is 13.8 Å². The number of nitrogens with zero attached hydrogens (tertiary/aromatic N) is 6. The number of hydrogen-bond donors (Lipinski definition) is 0. The summed E-state index contributed by atoms with van der Waals surface area (Å²) >= 11 is 1.26. The highest BCUT2D eigenvalue weighted by Crippen LogP contribution is 2.48. The summed E-state index contributed by atoms with van der Waals surface area (Å²) in [6.45, 7) is 6.60. The summed E-state index contributed by atoms with van der Waals surface area (Å²) in [6, 6.07) is 11.4. The van der Waals surface area contributed by atoms with E-state index < -0.39 is 11.6 Å². The van der Waals surface area contributed by atoms with Crippen molar-refractivity contribution in [2.75, 3.05) is 26.4 Å². The van der Waals surface area contributed by atoms with Crippen LogP contribution in [0.4, 0.5) is 8.78 Å². The fourth-order valence-corrected chi connectivity index (χ4v) is 7.49. The van der Waals surface area contributed by atoms with Gasteiger partial charge in [-0.15, -0.1) is 11.3 Å². The highest BCUT2D eigenvalue weighted by molar-refractivity contribution is 7.17. The summed E-state index contributed by atoms with van der Waals surface area (Å²) < 4.78 is 47.1. The van der Waals surface area contributed by atoms with E-state index >= 15 is 4.39 Å². The molecule has 0 spiro atoms. The van der Waals surface area contributed by atoms with Crippen molar-refractivity contribution in [2.45, 2.75) is 19.0 Å². The lowest BCUT2D eigenvalue weighted by molar-refractivity contribution is -0.130. The maximum Gasteiger partial charge on any atom is 0.246 e. The second-order valence-corrected chi connectivity index (χ2v) is 12.4. The topological polar surface area (TPSA) is 87.3 Å². The smallest absolute Gasteiger partial charge is 0.246 e. The Kier molecular flexibility index (Phi) is 6.73. The molecule has 0 saturated heterocycles. The predicted molar refractivity (Wildman–Crippen MR) is 172 cm³/mol. The number of aryl methyl sites for hydroxylation is 1. The van der Waals surface area contributed by atoms with Gasteiger partial charge in [-0.3, -0.25) is 14.2 Å². The first kappa shape index (κ1) is 28.5. The maximum absolute atomic E-state index is 16.1. The summed E-state index contributed by atoms with van der Waals surface area (Å²) in [7, 11) is 1.88. The molecule has 8 rings (SSSR count). The highest BCUT2D eigenvalue weighted by atomic mass is 32.1. The van der Waals surface area contributed by atoms with E-state index in [0.717, 1.165) is 22.2 Å². The van der Waals surface area contributed by atoms with Crippen LogP contribution in [0, 0.1) is 11.6 Å². The predicted octanol–water partition coefficient (Wildman–Crippen LogP) is 6.70. The van der Waals surface area contributed by atoms with Crippen LogP contribution in [0.15, 0.2) is 66.7 Å². The monoisotopic (exact) mass is 638 g/mol. The summed E-state index contributed by atoms with van der Waals surface area (Å²) in [6.07, 6.45) is 3.09. The molecular weight excluding hydrogens is 610 g/mol. The van der Waals surface area contributed by atoms with Crippen molar-refractivity contribution in [3.8, 4) is 39.5 Å². The maximum atomic E-state index is 16.1. The third-order valence-electron chi connectivity index (χ3n) is 8.81. The van der Waals surface area contributed by atoms with Crippen LogP contribution in [-0.4, -0.2) is 61.7 Å². The number of carbonyl (C=O) groups is 1. The quantitative estimate of drug-likeness (QED) is 0.196. The van der Waals surface area contributed by atoms with E-state index in [4.69, 9.17) is 19.6 Å². The third kappa shape index (κ3) is 4.43. The van der Waals surface area contributed by atoms with Crippen LogP contribution in [0.2, 0.25) is 0 Å². The normalized spacial score (nSPS) is 17.9. The van der Waals surface area contributed by atoms with Crippen LogP contribution in [0.25, 0.3) is 54.8 Å². The Labute approximate surface area is 266 Å². The van der Waals surface area contributed by atoms with E-state index in [1.165, 1.54) is 34.9 Å². The summed E-state index contributed by atoms with van der Waals surface area (Å²) in [5, 5.41) is 12.2. The molecule has 6 heterocycles. The van der Waals surface area contributed by atoms with E-state index in [1.54, 1.807) is 21.8 Å². The van der Waals surface area contributed by atoms with Crippen molar-refractivity contribution in [3.63, 3.8) is 0 Å². The Morgan fingerprint density at radius 3 is 2.85 bits per heavy atom. The Morgan fingerprint density at radius 2 is 2.00 bits per heavy atom. The molecular formula is C34H28F2N6O3S. The molecule has 2 bridgehead atoms. The van der Waals surface area contributed by atoms with Crippen LogP contribution < -0.4 is 4.74 Å². The first-order valence-corrected chi connectivity index (χ1v) is 15.8. The molecule has 0 radical (unpaired) electrons. The van der Waals surface area contributed by atoms with Gasteiger partial charge in [0.1, 0.15) is 35.4 Å². The van der Waals surface area contributed by atoms with Crippen LogP contribution in [0.3, 0.4) is 0 Å². The zero-order chi connectivity index (χ0) is 31.7. The first-order valence-electron chi connectivity index (χ1n) is 14.9. The minimum Gasteiger partial charge on any atom is -0.490 e. The number of ether oxygens (including phenoxy) is 2. The van der Waals surface area contributed by atoms with E-state index in [9.17, 15) is 9.18 Å². The summed E-state index contributed by atoms with van der Waals surface area (Å²) in [5.74, 6) is -0.852. The minimum atomic E-state index is -0.483. The lowest BCUT2D eigenvalue weighted by Crippen LogP contribution is -2.44. The number of carbonyl (C=O) groups excluding carboxylic acids is 1. The van der Waals surface area contributed by atoms with Crippen molar-refractivity contribution < 1.29 is 23.0 Å². The molecule has 6 aromatic rings. The van der Waals surface area contributed by atoms with Crippen molar-refractivity contribution in [1.82, 2.24) is 29.4 Å². The molecule has 46 heavy (non-hydrogen) atoms. The Bertz CT molecular complexity index is 2200. The molecule has 232 valence electrons. The van der Waals surface area contributed by atoms with Gasteiger partial charge in [-0.2, -0.15) is 10.2 Å². The second kappa shape index (κ2) is 10.8. The van der Waals surface area contributed by atoms with Gasteiger partial charge < -0.3 is 14.4 Å². The van der Waals surface area contributed by atoms with E-state index in [-0.39, 0.29) is 43.6 Å². The van der Waals surface area contributed by atoms with E-state index in [0.29, 0.717) is 44.8 Å². The highest BCUT2D eigenvalue weighted by Gasteiger charge is 2.36. The summed E-state index contributed by atoms with van der Waals surface area (Å²) in [5.41, 5.74) is 4.96.